The fraction of sp³-hybridized carbons (Fsp3) is 0.344. The molecule has 0 radical (unpaired) electrons. The zero-order valence-electron chi connectivity index (χ0n) is 22.1. The van der Waals surface area contributed by atoms with Crippen LogP contribution in [0.5, 0.6) is 0 Å². The second kappa shape index (κ2) is 11.2. The van der Waals surface area contributed by atoms with Crippen molar-refractivity contribution in [2.45, 2.75) is 39.2 Å². The number of piperidine rings is 1. The average molecular weight is 496 g/mol. The summed E-state index contributed by atoms with van der Waals surface area (Å²) >= 11 is 0. The van der Waals surface area contributed by atoms with E-state index < -0.39 is 0 Å². The van der Waals surface area contributed by atoms with Gasteiger partial charge in [0.25, 0.3) is 0 Å². The summed E-state index contributed by atoms with van der Waals surface area (Å²) in [5.41, 5.74) is 6.84. The molecule has 1 N–H and O–H groups in total. The standard InChI is InChI=1S/C32H37N3O2/c1-23(2)21-33-28-8-4-6-26(20-28)24-14-17-34(18-15-24)22-27-7-5-9-31-30(27)16-19-35(31)29-12-10-25(11-13-29)32(36)37-3/h4-13,16,19-20,23-24,33H,14-15,17-18,21-22H2,1-3H3. The van der Waals surface area contributed by atoms with Crippen LogP contribution >= 0.6 is 0 Å². The van der Waals surface area contributed by atoms with Crippen LogP contribution in [0.15, 0.2) is 79.0 Å². The molecule has 5 nitrogen and oxygen atoms in total. The van der Waals surface area contributed by atoms with Crippen LogP contribution in [0.4, 0.5) is 5.69 Å². The third-order valence-corrected chi connectivity index (χ3v) is 7.44. The smallest absolute Gasteiger partial charge is 0.337 e. The molecule has 0 saturated carbocycles. The number of carbonyl (C=O) groups excluding carboxylic acids is 1. The summed E-state index contributed by atoms with van der Waals surface area (Å²) < 4.78 is 7.01. The second-order valence-corrected chi connectivity index (χ2v) is 10.5. The lowest BCUT2D eigenvalue weighted by atomic mass is 9.89. The van der Waals surface area contributed by atoms with Gasteiger partial charge in [-0.1, -0.05) is 38.1 Å². The van der Waals surface area contributed by atoms with Gasteiger partial charge in [0.05, 0.1) is 18.2 Å². The van der Waals surface area contributed by atoms with E-state index in [9.17, 15) is 4.79 Å². The van der Waals surface area contributed by atoms with E-state index in [-0.39, 0.29) is 5.97 Å². The zero-order valence-corrected chi connectivity index (χ0v) is 22.1. The quantitative estimate of drug-likeness (QED) is 0.271. The molecule has 5 heteroatoms. The number of esters is 1. The summed E-state index contributed by atoms with van der Waals surface area (Å²) in [6.45, 7) is 8.68. The molecule has 1 aromatic heterocycles. The van der Waals surface area contributed by atoms with Crippen molar-refractivity contribution in [2.24, 2.45) is 5.92 Å². The summed E-state index contributed by atoms with van der Waals surface area (Å²) in [6.07, 6.45) is 4.50. The van der Waals surface area contributed by atoms with Gasteiger partial charge in [-0.15, -0.1) is 0 Å². The van der Waals surface area contributed by atoms with Gasteiger partial charge in [-0.3, -0.25) is 4.90 Å². The van der Waals surface area contributed by atoms with Crippen LogP contribution in [0, 0.1) is 5.92 Å². The molecule has 0 atom stereocenters. The maximum atomic E-state index is 11.8. The van der Waals surface area contributed by atoms with Crippen LogP contribution in [-0.4, -0.2) is 42.2 Å². The van der Waals surface area contributed by atoms with Crippen LogP contribution in [0.25, 0.3) is 16.6 Å². The van der Waals surface area contributed by atoms with Crippen molar-refractivity contribution in [3.63, 3.8) is 0 Å². The lowest BCUT2D eigenvalue weighted by Gasteiger charge is -2.32. The highest BCUT2D eigenvalue weighted by molar-refractivity contribution is 5.90. The van der Waals surface area contributed by atoms with Crippen LogP contribution in [-0.2, 0) is 11.3 Å². The Morgan fingerprint density at radius 2 is 1.76 bits per heavy atom. The molecule has 0 spiro atoms. The fourth-order valence-electron chi connectivity index (χ4n) is 5.36. The molecular weight excluding hydrogens is 458 g/mol. The van der Waals surface area contributed by atoms with Crippen LogP contribution in [0.3, 0.4) is 0 Å². The lowest BCUT2D eigenvalue weighted by molar-refractivity contribution is 0.0600. The molecule has 37 heavy (non-hydrogen) atoms. The fourth-order valence-corrected chi connectivity index (χ4v) is 5.36. The van der Waals surface area contributed by atoms with Crippen molar-refractivity contribution >= 4 is 22.6 Å². The van der Waals surface area contributed by atoms with Gasteiger partial charge in [0, 0.05) is 36.0 Å². The van der Waals surface area contributed by atoms with Gasteiger partial charge in [0.1, 0.15) is 0 Å². The predicted octanol–water partition coefficient (Wildman–Crippen LogP) is 6.86. The van der Waals surface area contributed by atoms with Crippen molar-refractivity contribution in [1.82, 2.24) is 9.47 Å². The molecule has 0 aliphatic carbocycles. The molecule has 1 aliphatic rings. The van der Waals surface area contributed by atoms with E-state index in [1.807, 2.05) is 24.3 Å². The van der Waals surface area contributed by atoms with Crippen LogP contribution < -0.4 is 5.32 Å². The number of aromatic nitrogens is 1. The van der Waals surface area contributed by atoms with E-state index in [0.717, 1.165) is 31.9 Å². The molecule has 0 bridgehead atoms. The Kier molecular flexibility index (Phi) is 7.61. The van der Waals surface area contributed by atoms with Crippen LogP contribution in [0.1, 0.15) is 54.1 Å². The molecule has 1 fully saturated rings. The lowest BCUT2D eigenvalue weighted by Crippen LogP contribution is -2.32. The van der Waals surface area contributed by atoms with Crippen molar-refractivity contribution in [1.29, 1.82) is 0 Å². The largest absolute Gasteiger partial charge is 0.465 e. The van der Waals surface area contributed by atoms with E-state index in [4.69, 9.17) is 4.74 Å². The highest BCUT2D eigenvalue weighted by Crippen LogP contribution is 2.31. The first-order valence-corrected chi connectivity index (χ1v) is 13.4. The van der Waals surface area contributed by atoms with Gasteiger partial charge in [0.15, 0.2) is 0 Å². The summed E-state index contributed by atoms with van der Waals surface area (Å²) in [5, 5.41) is 4.86. The number of hydrogen-bond donors (Lipinski definition) is 1. The van der Waals surface area contributed by atoms with Gasteiger partial charge in [-0.2, -0.15) is 0 Å². The Balaban J connectivity index is 1.25. The topological polar surface area (TPSA) is 46.5 Å². The molecule has 1 saturated heterocycles. The minimum absolute atomic E-state index is 0.314. The maximum Gasteiger partial charge on any atom is 0.337 e. The minimum atomic E-state index is -0.314. The number of anilines is 1. The molecule has 5 rings (SSSR count). The predicted molar refractivity (Wildman–Crippen MR) is 152 cm³/mol. The summed E-state index contributed by atoms with van der Waals surface area (Å²) in [5.74, 6) is 0.952. The Hall–Kier alpha value is -3.57. The Morgan fingerprint density at radius 3 is 2.49 bits per heavy atom. The number of nitrogens with zero attached hydrogens (tertiary/aromatic N) is 2. The van der Waals surface area contributed by atoms with Crippen molar-refractivity contribution < 1.29 is 9.53 Å². The van der Waals surface area contributed by atoms with Gasteiger partial charge in [-0.05, 0) is 97.4 Å². The Labute approximate surface area is 220 Å². The molecule has 0 unspecified atom stereocenters. The second-order valence-electron chi connectivity index (χ2n) is 10.5. The van der Waals surface area contributed by atoms with Crippen molar-refractivity contribution in [3.8, 4) is 5.69 Å². The summed E-state index contributed by atoms with van der Waals surface area (Å²) in [4.78, 5) is 14.4. The van der Waals surface area contributed by atoms with Gasteiger partial charge >= 0.3 is 5.97 Å². The van der Waals surface area contributed by atoms with Gasteiger partial charge in [0.2, 0.25) is 0 Å². The molecule has 192 valence electrons. The summed E-state index contributed by atoms with van der Waals surface area (Å²) in [6, 6.07) is 25.4. The SMILES string of the molecule is COC(=O)c1ccc(-n2ccc3c(CN4CCC(c5cccc(NCC(C)C)c5)CC4)cccc32)cc1. The molecular formula is C32H37N3O2. The third kappa shape index (κ3) is 5.72. The Morgan fingerprint density at radius 1 is 1.00 bits per heavy atom. The first-order valence-electron chi connectivity index (χ1n) is 13.4. The number of likely N-dealkylation sites (tertiary alicyclic amines) is 1. The van der Waals surface area contributed by atoms with Crippen LogP contribution in [0.2, 0.25) is 0 Å². The number of rotatable bonds is 8. The number of methoxy groups -OCH3 is 1. The van der Waals surface area contributed by atoms with Crippen molar-refractivity contribution in [2.75, 3.05) is 32.1 Å². The minimum Gasteiger partial charge on any atom is -0.465 e. The number of hydrogen-bond acceptors (Lipinski definition) is 4. The maximum absolute atomic E-state index is 11.8. The highest BCUT2D eigenvalue weighted by Gasteiger charge is 2.21. The van der Waals surface area contributed by atoms with Gasteiger partial charge in [-0.25, -0.2) is 4.79 Å². The normalized spacial score (nSPS) is 14.8. The average Bonchev–Trinajstić information content (AvgIpc) is 3.37. The molecule has 1 aliphatic heterocycles. The molecule has 2 heterocycles. The van der Waals surface area contributed by atoms with E-state index >= 15 is 0 Å². The molecule has 3 aromatic carbocycles. The van der Waals surface area contributed by atoms with E-state index in [1.54, 1.807) is 0 Å². The Bertz CT molecular complexity index is 1350. The number of fused-ring (bicyclic) bond motifs is 1. The van der Waals surface area contributed by atoms with E-state index in [1.165, 1.54) is 47.7 Å². The van der Waals surface area contributed by atoms with Gasteiger partial charge < -0.3 is 14.6 Å². The summed E-state index contributed by atoms with van der Waals surface area (Å²) in [7, 11) is 1.41. The van der Waals surface area contributed by atoms with E-state index in [0.29, 0.717) is 17.4 Å². The number of ether oxygens (including phenoxy) is 1. The first kappa shape index (κ1) is 25.1. The zero-order chi connectivity index (χ0) is 25.8. The van der Waals surface area contributed by atoms with Crippen molar-refractivity contribution in [3.05, 3.63) is 95.7 Å². The first-order chi connectivity index (χ1) is 18.0. The highest BCUT2D eigenvalue weighted by atomic mass is 16.5. The number of carbonyl (C=O) groups is 1. The third-order valence-electron chi connectivity index (χ3n) is 7.44. The molecule has 4 aromatic rings. The number of benzene rings is 3. The monoisotopic (exact) mass is 495 g/mol. The van der Waals surface area contributed by atoms with E-state index in [2.05, 4.69) is 83.4 Å². The molecule has 0 amide bonds. The number of nitrogens with one attached hydrogen (secondary N) is 1.